The predicted molar refractivity (Wildman–Crippen MR) is 21.2 cm³/mol. The maximum atomic E-state index is 0. The second-order valence-electron chi connectivity index (χ2n) is 0. The summed E-state index contributed by atoms with van der Waals surface area (Å²) in [6.45, 7) is 0. The topological polar surface area (TPSA) is 0 Å². The number of hydrogen-bond acceptors (Lipinski definition) is 0. The Morgan fingerprint density at radius 1 is 0.750 bits per heavy atom. The first-order valence-corrected chi connectivity index (χ1v) is 0. The number of rotatable bonds is 0. The zero-order chi connectivity index (χ0) is 0. The van der Waals surface area contributed by atoms with E-state index in [0.29, 0.717) is 0 Å². The van der Waals surface area contributed by atoms with E-state index < -0.39 is 0 Å². The predicted octanol–water partition coefficient (Wildman–Crippen LogP) is 1.48. The van der Waals surface area contributed by atoms with Gasteiger partial charge in [-0.1, -0.05) is 7.43 Å². The summed E-state index contributed by atoms with van der Waals surface area (Å²) in [5.41, 5.74) is 0. The van der Waals surface area contributed by atoms with Gasteiger partial charge < -0.3 is 0 Å². The fourth-order valence-electron chi connectivity index (χ4n) is 0. The molecular weight excluding hydrogens is 134 g/mol. The summed E-state index contributed by atoms with van der Waals surface area (Å²) in [6.07, 6.45) is 0. The molecule has 4 heavy (non-hydrogen) atoms. The largest absolute Gasteiger partial charge is 0.147 e. The fraction of sp³-hybridized carbons (Fsp3) is 1.00. The van der Waals surface area contributed by atoms with Gasteiger partial charge in [0.1, 0.15) is 0 Å². The zero-order valence-corrected chi connectivity index (χ0v) is 4.29. The molecule has 0 saturated carbocycles. The minimum Gasteiger partial charge on any atom is -0.147 e. The molecule has 0 aliphatic rings. The van der Waals surface area contributed by atoms with Crippen LogP contribution in [0.15, 0.2) is 0 Å². The molecule has 0 bridgehead atoms. The average Bonchev–Trinajstić information content (AvgIpc) is 0. The molecule has 1 radical (unpaired) electrons. The third kappa shape index (κ3) is 10.9. The van der Waals surface area contributed by atoms with E-state index in [4.69, 9.17) is 0 Å². The fourth-order valence-corrected chi connectivity index (χ4v) is 0. The van der Waals surface area contributed by atoms with Crippen molar-refractivity contribution in [1.29, 1.82) is 0 Å². The average molecular weight is 140 g/mol. The third-order valence-corrected chi connectivity index (χ3v) is 0. The molecule has 29 valence electrons. The van der Waals surface area contributed by atoms with Crippen LogP contribution in [0.4, 0.5) is 0 Å². The molecule has 0 atom stereocenters. The Labute approximate surface area is 51.1 Å². The summed E-state index contributed by atoms with van der Waals surface area (Å²) < 4.78 is 0. The van der Waals surface area contributed by atoms with Crippen LogP contribution >= 0.6 is 24.8 Å². The summed E-state index contributed by atoms with van der Waals surface area (Å²) in [7, 11) is 0. The van der Waals surface area contributed by atoms with Crippen molar-refractivity contribution in [2.45, 2.75) is 7.43 Å². The molecule has 0 N–H and O–H groups in total. The molecule has 0 amide bonds. The van der Waals surface area contributed by atoms with Gasteiger partial charge in [0.05, 0.1) is 0 Å². The van der Waals surface area contributed by atoms with E-state index in [1.165, 1.54) is 0 Å². The molecule has 0 aliphatic heterocycles. The van der Waals surface area contributed by atoms with E-state index >= 15 is 0 Å². The Kier molecular flexibility index (Phi) is 508. The van der Waals surface area contributed by atoms with E-state index in [9.17, 15) is 0 Å². The second-order valence-corrected chi connectivity index (χ2v) is 0. The van der Waals surface area contributed by atoms with Gasteiger partial charge in [-0.25, -0.2) is 0 Å². The van der Waals surface area contributed by atoms with Crippen LogP contribution in [0.5, 0.6) is 0 Å². The van der Waals surface area contributed by atoms with Crippen LogP contribution in [0.1, 0.15) is 7.43 Å². The molecule has 0 aromatic rings. The van der Waals surface area contributed by atoms with Crippen molar-refractivity contribution in [2.75, 3.05) is 0 Å². The van der Waals surface area contributed by atoms with Gasteiger partial charge in [-0.3, -0.25) is 0 Å². The normalized spacial score (nSPS) is 0. The van der Waals surface area contributed by atoms with Gasteiger partial charge >= 0.3 is 0 Å². The van der Waals surface area contributed by atoms with E-state index in [1.807, 2.05) is 0 Å². The smallest absolute Gasteiger partial charge is 0 e. The van der Waals surface area contributed by atoms with Crippen LogP contribution in [-0.2, 0) is 18.6 Å². The van der Waals surface area contributed by atoms with Crippen molar-refractivity contribution in [2.24, 2.45) is 0 Å². The zero-order valence-electron chi connectivity index (χ0n) is 1.26. The van der Waals surface area contributed by atoms with Crippen molar-refractivity contribution >= 4 is 24.8 Å². The summed E-state index contributed by atoms with van der Waals surface area (Å²) in [5, 5.41) is 0. The van der Waals surface area contributed by atoms with E-state index in [2.05, 4.69) is 0 Å². The molecule has 0 nitrogen and oxygen atoms in total. The maximum absolute atomic E-state index is 0. The van der Waals surface area contributed by atoms with Gasteiger partial charge in [0.25, 0.3) is 0 Å². The van der Waals surface area contributed by atoms with E-state index in [0.717, 1.165) is 0 Å². The molecule has 0 spiro atoms. The molecule has 0 unspecified atom stereocenters. The maximum Gasteiger partial charge on any atom is 0 e. The quantitative estimate of drug-likeness (QED) is 0.477. The molecular formula is CH6Cl2V. The first-order chi connectivity index (χ1) is 0. The number of hydrogen-bond donors (Lipinski definition) is 0. The first-order valence-electron chi connectivity index (χ1n) is 0. The van der Waals surface area contributed by atoms with Crippen LogP contribution in [-0.4, -0.2) is 0 Å². The summed E-state index contributed by atoms with van der Waals surface area (Å²) in [6, 6.07) is 0. The van der Waals surface area contributed by atoms with Crippen molar-refractivity contribution in [3.63, 3.8) is 0 Å². The molecule has 0 saturated heterocycles. The Bertz CT molecular complexity index is 6.00. The monoisotopic (exact) mass is 139 g/mol. The van der Waals surface area contributed by atoms with Crippen LogP contribution in [0.2, 0.25) is 0 Å². The standard InChI is InChI=1S/CH4.2ClH.V/h1H4;2*1H;. The summed E-state index contributed by atoms with van der Waals surface area (Å²) >= 11 is 0. The van der Waals surface area contributed by atoms with Crippen LogP contribution in [0.25, 0.3) is 0 Å². The molecule has 0 fully saturated rings. The minimum absolute atomic E-state index is 0. The van der Waals surface area contributed by atoms with Gasteiger partial charge in [-0.15, -0.1) is 24.8 Å². The van der Waals surface area contributed by atoms with E-state index in [1.54, 1.807) is 0 Å². The van der Waals surface area contributed by atoms with Crippen LogP contribution < -0.4 is 0 Å². The number of halogens is 2. The molecule has 0 rings (SSSR count). The molecule has 3 heteroatoms. The second kappa shape index (κ2) is 30.8. The SMILES string of the molecule is C.Cl.Cl.[V]. The van der Waals surface area contributed by atoms with Crippen molar-refractivity contribution in [1.82, 2.24) is 0 Å². The van der Waals surface area contributed by atoms with Crippen molar-refractivity contribution in [3.8, 4) is 0 Å². The summed E-state index contributed by atoms with van der Waals surface area (Å²) in [4.78, 5) is 0. The minimum atomic E-state index is 0. The molecule has 0 aliphatic carbocycles. The third-order valence-electron chi connectivity index (χ3n) is 0. The Morgan fingerprint density at radius 2 is 0.750 bits per heavy atom. The van der Waals surface area contributed by atoms with Crippen molar-refractivity contribution < 1.29 is 18.6 Å². The molecule has 0 aromatic heterocycles. The molecule has 0 heterocycles. The van der Waals surface area contributed by atoms with Gasteiger partial charge in [-0.05, 0) is 0 Å². The van der Waals surface area contributed by atoms with Gasteiger partial charge in [-0.2, -0.15) is 0 Å². The van der Waals surface area contributed by atoms with Gasteiger partial charge in [0.15, 0.2) is 0 Å². The van der Waals surface area contributed by atoms with Gasteiger partial charge in [0, 0.05) is 18.6 Å². The first kappa shape index (κ1) is 66.1. The Hall–Kier alpha value is 1.16. The van der Waals surface area contributed by atoms with Gasteiger partial charge in [0.2, 0.25) is 0 Å². The Morgan fingerprint density at radius 3 is 0.750 bits per heavy atom. The molecule has 0 aromatic carbocycles. The van der Waals surface area contributed by atoms with Crippen LogP contribution in [0, 0.1) is 0 Å². The van der Waals surface area contributed by atoms with Crippen molar-refractivity contribution in [3.05, 3.63) is 0 Å². The Balaban J connectivity index is 0. The summed E-state index contributed by atoms with van der Waals surface area (Å²) in [5.74, 6) is 0. The van der Waals surface area contributed by atoms with E-state index in [-0.39, 0.29) is 50.8 Å². The van der Waals surface area contributed by atoms with Crippen LogP contribution in [0.3, 0.4) is 0 Å².